The Morgan fingerprint density at radius 1 is 1.25 bits per heavy atom. The summed E-state index contributed by atoms with van der Waals surface area (Å²) in [5.41, 5.74) is 1.21. The fourth-order valence-corrected chi connectivity index (χ4v) is 2.13. The SMILES string of the molecule is COC(=O)[C@H](C)NC(=O)/C=C/C(C)(C)C/C=C(\C)CC/C=C(\C)Br. The molecule has 0 bridgehead atoms. The van der Waals surface area contributed by atoms with Gasteiger partial charge in [-0.2, -0.15) is 0 Å². The highest BCUT2D eigenvalue weighted by atomic mass is 79.9. The molecule has 0 aliphatic carbocycles. The number of methoxy groups -OCH3 is 1. The van der Waals surface area contributed by atoms with Gasteiger partial charge >= 0.3 is 5.97 Å². The van der Waals surface area contributed by atoms with Gasteiger partial charge in [-0.25, -0.2) is 4.79 Å². The number of ether oxygens (including phenoxy) is 1. The van der Waals surface area contributed by atoms with E-state index in [4.69, 9.17) is 0 Å². The van der Waals surface area contributed by atoms with E-state index in [9.17, 15) is 9.59 Å². The molecule has 0 fully saturated rings. The van der Waals surface area contributed by atoms with Crippen molar-refractivity contribution in [1.29, 1.82) is 0 Å². The van der Waals surface area contributed by atoms with E-state index in [1.807, 2.05) is 13.0 Å². The third-order valence-corrected chi connectivity index (χ3v) is 3.86. The molecule has 1 N–H and O–H groups in total. The normalized spacial score (nSPS) is 14.6. The fraction of sp³-hybridized carbons (Fsp3) is 0.579. The molecule has 0 unspecified atom stereocenters. The molecule has 0 spiro atoms. The first-order valence-corrected chi connectivity index (χ1v) is 8.92. The summed E-state index contributed by atoms with van der Waals surface area (Å²) < 4.78 is 5.74. The van der Waals surface area contributed by atoms with Crippen molar-refractivity contribution in [3.8, 4) is 0 Å². The minimum Gasteiger partial charge on any atom is -0.467 e. The Hall–Kier alpha value is -1.36. The number of carbonyl (C=O) groups is 2. The van der Waals surface area contributed by atoms with Crippen LogP contribution in [0.2, 0.25) is 0 Å². The first-order valence-electron chi connectivity index (χ1n) is 8.13. The Morgan fingerprint density at radius 2 is 1.88 bits per heavy atom. The minimum atomic E-state index is -0.650. The number of rotatable bonds is 9. The number of carbonyl (C=O) groups excluding carboxylic acids is 2. The summed E-state index contributed by atoms with van der Waals surface area (Å²) in [6, 6.07) is -0.650. The van der Waals surface area contributed by atoms with Gasteiger partial charge in [-0.05, 0) is 56.0 Å². The average Bonchev–Trinajstić information content (AvgIpc) is 2.50. The van der Waals surface area contributed by atoms with Gasteiger partial charge < -0.3 is 10.1 Å². The molecule has 0 saturated heterocycles. The van der Waals surface area contributed by atoms with Crippen molar-refractivity contribution in [3.63, 3.8) is 0 Å². The molecule has 24 heavy (non-hydrogen) atoms. The van der Waals surface area contributed by atoms with Crippen LogP contribution in [0.15, 0.2) is 34.4 Å². The molecular weight excluding hydrogens is 370 g/mol. The largest absolute Gasteiger partial charge is 0.467 e. The average molecular weight is 400 g/mol. The molecule has 136 valence electrons. The summed E-state index contributed by atoms with van der Waals surface area (Å²) in [6.45, 7) is 9.90. The van der Waals surface area contributed by atoms with E-state index in [2.05, 4.69) is 58.9 Å². The van der Waals surface area contributed by atoms with Crippen molar-refractivity contribution in [2.45, 2.75) is 59.9 Å². The van der Waals surface area contributed by atoms with E-state index >= 15 is 0 Å². The van der Waals surface area contributed by atoms with Gasteiger partial charge in [0.25, 0.3) is 0 Å². The summed E-state index contributed by atoms with van der Waals surface area (Å²) >= 11 is 3.43. The van der Waals surface area contributed by atoms with Crippen LogP contribution < -0.4 is 5.32 Å². The minimum absolute atomic E-state index is 0.131. The molecule has 0 aromatic carbocycles. The number of hydrogen-bond acceptors (Lipinski definition) is 3. The first-order chi connectivity index (χ1) is 11.1. The summed E-state index contributed by atoms with van der Waals surface area (Å²) in [6.07, 6.45) is 10.6. The summed E-state index contributed by atoms with van der Waals surface area (Å²) in [5, 5.41) is 2.58. The zero-order valence-electron chi connectivity index (χ0n) is 15.6. The van der Waals surface area contributed by atoms with Crippen LogP contribution in [0.25, 0.3) is 0 Å². The predicted molar refractivity (Wildman–Crippen MR) is 103 cm³/mol. The Bertz CT molecular complexity index is 515. The van der Waals surface area contributed by atoms with Crippen LogP contribution in [-0.2, 0) is 14.3 Å². The number of hydrogen-bond donors (Lipinski definition) is 1. The van der Waals surface area contributed by atoms with Crippen molar-refractivity contribution < 1.29 is 14.3 Å². The smallest absolute Gasteiger partial charge is 0.328 e. The first kappa shape index (κ1) is 22.6. The molecule has 0 aliphatic rings. The van der Waals surface area contributed by atoms with Gasteiger partial charge in [0.05, 0.1) is 7.11 Å². The number of esters is 1. The molecule has 0 radical (unpaired) electrons. The Balaban J connectivity index is 4.48. The van der Waals surface area contributed by atoms with Gasteiger partial charge in [-0.15, -0.1) is 0 Å². The third kappa shape index (κ3) is 11.2. The van der Waals surface area contributed by atoms with Crippen LogP contribution in [-0.4, -0.2) is 25.0 Å². The number of nitrogens with one attached hydrogen (secondary N) is 1. The van der Waals surface area contributed by atoms with E-state index in [0.717, 1.165) is 23.7 Å². The summed E-state index contributed by atoms with van der Waals surface area (Å²) in [5.74, 6) is -0.748. The maximum Gasteiger partial charge on any atom is 0.328 e. The number of halogens is 1. The molecule has 0 heterocycles. The van der Waals surface area contributed by atoms with E-state index in [1.54, 1.807) is 6.92 Å². The standard InChI is InChI=1S/C19H30BrNO3/c1-14(8-7-9-15(2)20)10-12-19(4,5)13-11-17(22)21-16(3)18(23)24-6/h9-11,13,16H,7-8,12H2,1-6H3,(H,21,22)/b13-11+,14-10+,15-9+/t16-/m0/s1. The van der Waals surface area contributed by atoms with Gasteiger partial charge in [0.15, 0.2) is 0 Å². The highest BCUT2D eigenvalue weighted by molar-refractivity contribution is 9.11. The molecule has 1 amide bonds. The third-order valence-electron chi connectivity index (χ3n) is 3.54. The monoisotopic (exact) mass is 399 g/mol. The van der Waals surface area contributed by atoms with Crippen molar-refractivity contribution in [1.82, 2.24) is 5.32 Å². The fourth-order valence-electron chi connectivity index (χ4n) is 1.90. The lowest BCUT2D eigenvalue weighted by molar-refractivity contribution is -0.144. The lowest BCUT2D eigenvalue weighted by Gasteiger charge is -2.18. The van der Waals surface area contributed by atoms with Crippen LogP contribution >= 0.6 is 15.9 Å². The number of amides is 1. The van der Waals surface area contributed by atoms with Crippen molar-refractivity contribution >= 4 is 27.8 Å². The quantitative estimate of drug-likeness (QED) is 0.348. The van der Waals surface area contributed by atoms with Gasteiger partial charge in [0, 0.05) is 0 Å². The summed E-state index contributed by atoms with van der Waals surface area (Å²) in [7, 11) is 1.30. The molecule has 0 aromatic rings. The molecular formula is C19H30BrNO3. The molecule has 4 nitrogen and oxygen atoms in total. The highest BCUT2D eigenvalue weighted by Crippen LogP contribution is 2.24. The number of allylic oxidation sites excluding steroid dienone is 5. The topological polar surface area (TPSA) is 55.4 Å². The Kier molecular flexibility index (Phi) is 10.6. The van der Waals surface area contributed by atoms with Gasteiger partial charge in [0.1, 0.15) is 6.04 Å². The molecule has 0 aliphatic heterocycles. The van der Waals surface area contributed by atoms with Crippen LogP contribution in [0.5, 0.6) is 0 Å². The molecule has 0 aromatic heterocycles. The zero-order valence-corrected chi connectivity index (χ0v) is 17.2. The van der Waals surface area contributed by atoms with Crippen molar-refractivity contribution in [3.05, 3.63) is 34.4 Å². The lowest BCUT2D eigenvalue weighted by atomic mass is 9.87. The molecule has 0 saturated carbocycles. The van der Waals surface area contributed by atoms with Crippen LogP contribution in [0, 0.1) is 5.41 Å². The van der Waals surface area contributed by atoms with Gasteiger partial charge in [-0.3, -0.25) is 4.79 Å². The van der Waals surface area contributed by atoms with E-state index in [0.29, 0.717) is 0 Å². The van der Waals surface area contributed by atoms with E-state index in [-0.39, 0.29) is 11.3 Å². The van der Waals surface area contributed by atoms with E-state index in [1.165, 1.54) is 18.8 Å². The van der Waals surface area contributed by atoms with E-state index < -0.39 is 12.0 Å². The maximum absolute atomic E-state index is 11.8. The maximum atomic E-state index is 11.8. The second-order valence-electron chi connectivity index (χ2n) is 6.66. The molecule has 0 rings (SSSR count). The second-order valence-corrected chi connectivity index (χ2v) is 7.91. The molecule has 1 atom stereocenters. The predicted octanol–water partition coefficient (Wildman–Crippen LogP) is 4.66. The van der Waals surface area contributed by atoms with Crippen molar-refractivity contribution in [2.75, 3.05) is 7.11 Å². The van der Waals surface area contributed by atoms with Crippen LogP contribution in [0.1, 0.15) is 53.9 Å². The second kappa shape index (κ2) is 11.2. The highest BCUT2D eigenvalue weighted by Gasteiger charge is 2.16. The van der Waals surface area contributed by atoms with Gasteiger partial charge in [0.2, 0.25) is 5.91 Å². The summed E-state index contributed by atoms with van der Waals surface area (Å²) in [4.78, 5) is 23.1. The van der Waals surface area contributed by atoms with Crippen LogP contribution in [0.3, 0.4) is 0 Å². The molecule has 5 heteroatoms. The van der Waals surface area contributed by atoms with Crippen LogP contribution in [0.4, 0.5) is 0 Å². The zero-order chi connectivity index (χ0) is 18.8. The van der Waals surface area contributed by atoms with Gasteiger partial charge in [-0.1, -0.05) is 53.6 Å². The lowest BCUT2D eigenvalue weighted by Crippen LogP contribution is -2.38. The Morgan fingerprint density at radius 3 is 2.42 bits per heavy atom. The Labute approximate surface area is 154 Å². The van der Waals surface area contributed by atoms with Crippen molar-refractivity contribution in [2.24, 2.45) is 5.41 Å².